The molecule has 1 aliphatic rings. The topological polar surface area (TPSA) is 45.5 Å². The van der Waals surface area contributed by atoms with Gasteiger partial charge in [-0.2, -0.15) is 0 Å². The number of carboxylic acid groups (broad SMARTS) is 1. The molecule has 0 bridgehead atoms. The Morgan fingerprint density at radius 3 is 2.76 bits per heavy atom. The van der Waals surface area contributed by atoms with Crippen LogP contribution in [0.25, 0.3) is 17.0 Å². The fourth-order valence-corrected chi connectivity index (χ4v) is 3.43. The first-order valence-electron chi connectivity index (χ1n) is 8.14. The second kappa shape index (κ2) is 6.30. The summed E-state index contributed by atoms with van der Waals surface area (Å²) >= 11 is 6.06. The van der Waals surface area contributed by atoms with Gasteiger partial charge in [0.05, 0.1) is 17.3 Å². The van der Waals surface area contributed by atoms with Gasteiger partial charge >= 0.3 is 5.97 Å². The van der Waals surface area contributed by atoms with E-state index in [1.54, 1.807) is 18.2 Å². The highest BCUT2D eigenvalue weighted by Gasteiger charge is 2.20. The lowest BCUT2D eigenvalue weighted by atomic mass is 10.1. The smallest absolute Gasteiger partial charge is 0.337 e. The first kappa shape index (κ1) is 15.8. The van der Waals surface area contributed by atoms with Crippen molar-refractivity contribution in [3.05, 3.63) is 76.6 Å². The lowest BCUT2D eigenvalue weighted by Gasteiger charge is -2.37. The van der Waals surface area contributed by atoms with Crippen molar-refractivity contribution in [2.24, 2.45) is 0 Å². The van der Waals surface area contributed by atoms with Gasteiger partial charge in [0.1, 0.15) is 0 Å². The summed E-state index contributed by atoms with van der Waals surface area (Å²) in [6.07, 6.45) is 5.20. The molecule has 3 aromatic rings. The number of halogens is 1. The van der Waals surface area contributed by atoms with Crippen molar-refractivity contribution >= 4 is 34.5 Å². The van der Waals surface area contributed by atoms with Crippen molar-refractivity contribution in [1.29, 1.82) is 0 Å². The Morgan fingerprint density at radius 1 is 1.20 bits per heavy atom. The van der Waals surface area contributed by atoms with Crippen molar-refractivity contribution in [3.8, 4) is 0 Å². The van der Waals surface area contributed by atoms with Gasteiger partial charge in [-0.3, -0.25) is 0 Å². The van der Waals surface area contributed by atoms with E-state index < -0.39 is 5.97 Å². The lowest BCUT2D eigenvalue weighted by molar-refractivity contribution is 0.0697. The van der Waals surface area contributed by atoms with Gasteiger partial charge in [0.2, 0.25) is 0 Å². The largest absolute Gasteiger partial charge is 0.478 e. The molecule has 0 saturated carbocycles. The molecule has 2 heterocycles. The molecular weight excluding hydrogens is 336 g/mol. The van der Waals surface area contributed by atoms with Crippen LogP contribution in [0, 0.1) is 0 Å². The molecule has 1 N–H and O–H groups in total. The van der Waals surface area contributed by atoms with Gasteiger partial charge in [-0.15, -0.1) is 0 Å². The quantitative estimate of drug-likeness (QED) is 0.740. The lowest BCUT2D eigenvalue weighted by Crippen LogP contribution is -2.36. The van der Waals surface area contributed by atoms with E-state index in [-0.39, 0.29) is 10.6 Å². The normalized spacial score (nSPS) is 15.6. The minimum absolute atomic E-state index is 0.132. The molecule has 1 aromatic heterocycles. The average molecular weight is 353 g/mol. The minimum Gasteiger partial charge on any atom is -0.478 e. The van der Waals surface area contributed by atoms with E-state index in [0.29, 0.717) is 0 Å². The van der Waals surface area contributed by atoms with Gasteiger partial charge in [-0.05, 0) is 41.3 Å². The third kappa shape index (κ3) is 3.01. The van der Waals surface area contributed by atoms with Crippen molar-refractivity contribution in [3.63, 3.8) is 0 Å². The Labute approximate surface area is 150 Å². The number of aromatic nitrogens is 1. The molecule has 0 amide bonds. The number of nitrogens with zero attached hydrogens (tertiary/aromatic N) is 2. The second-order valence-electron chi connectivity index (χ2n) is 6.18. The average Bonchev–Trinajstić information content (AvgIpc) is 2.99. The maximum atomic E-state index is 11.0. The van der Waals surface area contributed by atoms with E-state index in [4.69, 9.17) is 16.7 Å². The first-order chi connectivity index (χ1) is 12.1. The molecule has 1 saturated heterocycles. The van der Waals surface area contributed by atoms with E-state index >= 15 is 0 Å². The van der Waals surface area contributed by atoms with E-state index in [1.807, 2.05) is 6.07 Å². The highest BCUT2D eigenvalue weighted by Crippen LogP contribution is 2.28. The van der Waals surface area contributed by atoms with Gasteiger partial charge in [0.15, 0.2) is 0 Å². The molecule has 0 aliphatic carbocycles. The van der Waals surface area contributed by atoms with Gasteiger partial charge in [-0.1, -0.05) is 35.9 Å². The van der Waals surface area contributed by atoms with Crippen LogP contribution in [-0.4, -0.2) is 27.1 Å². The van der Waals surface area contributed by atoms with Crippen LogP contribution in [0.4, 0.5) is 0 Å². The first-order valence-corrected chi connectivity index (χ1v) is 8.52. The summed E-state index contributed by atoms with van der Waals surface area (Å²) < 4.78 is 2.24. The fraction of sp³-hybridized carbons (Fsp3) is 0.150. The zero-order valence-corrected chi connectivity index (χ0v) is 14.3. The SMILES string of the molecule is O=C(O)c1ccc(C=C2CCN2Cn2ccc3ccccc32)cc1Cl. The van der Waals surface area contributed by atoms with Gasteiger partial charge in [-0.25, -0.2) is 4.79 Å². The van der Waals surface area contributed by atoms with Crippen LogP contribution in [0.1, 0.15) is 22.3 Å². The van der Waals surface area contributed by atoms with E-state index in [0.717, 1.165) is 25.2 Å². The van der Waals surface area contributed by atoms with E-state index in [1.165, 1.54) is 16.6 Å². The minimum atomic E-state index is -1.01. The van der Waals surface area contributed by atoms with Crippen molar-refractivity contribution in [2.75, 3.05) is 6.54 Å². The summed E-state index contributed by atoms with van der Waals surface area (Å²) in [5.74, 6) is -1.01. The molecule has 2 aromatic carbocycles. The molecular formula is C20H17ClN2O2. The highest BCUT2D eigenvalue weighted by atomic mass is 35.5. The Hall–Kier alpha value is -2.72. The van der Waals surface area contributed by atoms with Gasteiger partial charge < -0.3 is 14.6 Å². The number of carboxylic acids is 1. The number of hydrogen-bond donors (Lipinski definition) is 1. The molecule has 126 valence electrons. The van der Waals surface area contributed by atoms with Crippen molar-refractivity contribution in [1.82, 2.24) is 9.47 Å². The van der Waals surface area contributed by atoms with Crippen LogP contribution in [-0.2, 0) is 6.67 Å². The molecule has 5 heteroatoms. The maximum absolute atomic E-state index is 11.0. The van der Waals surface area contributed by atoms with Gasteiger partial charge in [0.25, 0.3) is 0 Å². The molecule has 0 atom stereocenters. The molecule has 0 unspecified atom stereocenters. The molecule has 1 aliphatic heterocycles. The summed E-state index contributed by atoms with van der Waals surface area (Å²) in [5.41, 5.74) is 3.51. The zero-order chi connectivity index (χ0) is 17.4. The second-order valence-corrected chi connectivity index (χ2v) is 6.59. The number of para-hydroxylation sites is 1. The summed E-state index contributed by atoms with van der Waals surface area (Å²) in [6, 6.07) is 15.5. The third-order valence-corrected chi connectivity index (χ3v) is 4.92. The number of fused-ring (bicyclic) bond motifs is 1. The van der Waals surface area contributed by atoms with Gasteiger partial charge in [0, 0.05) is 30.4 Å². The van der Waals surface area contributed by atoms with E-state index in [9.17, 15) is 4.79 Å². The predicted molar refractivity (Wildman–Crippen MR) is 99.6 cm³/mol. The van der Waals surface area contributed by atoms with Crippen molar-refractivity contribution < 1.29 is 9.90 Å². The van der Waals surface area contributed by atoms with Crippen LogP contribution in [0.2, 0.25) is 5.02 Å². The van der Waals surface area contributed by atoms with Crippen LogP contribution in [0.15, 0.2) is 60.4 Å². The number of carbonyl (C=O) groups is 1. The molecule has 0 radical (unpaired) electrons. The summed E-state index contributed by atoms with van der Waals surface area (Å²) in [5, 5.41) is 10.6. The number of hydrogen-bond acceptors (Lipinski definition) is 2. The molecule has 0 spiro atoms. The van der Waals surface area contributed by atoms with Crippen LogP contribution < -0.4 is 0 Å². The fourth-order valence-electron chi connectivity index (χ4n) is 3.16. The summed E-state index contributed by atoms with van der Waals surface area (Å²) in [7, 11) is 0. The molecule has 1 fully saturated rings. The Kier molecular flexibility index (Phi) is 3.98. The molecule has 4 rings (SSSR count). The highest BCUT2D eigenvalue weighted by molar-refractivity contribution is 6.33. The number of aromatic carboxylic acids is 1. The van der Waals surface area contributed by atoms with Crippen LogP contribution in [0.3, 0.4) is 0 Å². The summed E-state index contributed by atoms with van der Waals surface area (Å²) in [6.45, 7) is 1.82. The van der Waals surface area contributed by atoms with Crippen LogP contribution in [0.5, 0.6) is 0 Å². The Balaban J connectivity index is 1.55. The van der Waals surface area contributed by atoms with Crippen molar-refractivity contribution in [2.45, 2.75) is 13.1 Å². The third-order valence-electron chi connectivity index (χ3n) is 4.60. The Morgan fingerprint density at radius 2 is 2.04 bits per heavy atom. The number of rotatable bonds is 4. The predicted octanol–water partition coefficient (Wildman–Crippen LogP) is 4.70. The van der Waals surface area contributed by atoms with E-state index in [2.05, 4.69) is 46.0 Å². The zero-order valence-electron chi connectivity index (χ0n) is 13.5. The maximum Gasteiger partial charge on any atom is 0.337 e. The standard InChI is InChI=1S/C20H17ClN2O2/c21-18-12-14(5-6-17(18)20(24)25)11-16-8-10-22(16)13-23-9-7-15-3-1-2-4-19(15)23/h1-7,9,11-12H,8,10,13H2,(H,24,25). The number of benzene rings is 2. The monoisotopic (exact) mass is 352 g/mol. The number of likely N-dealkylation sites (tertiary alicyclic amines) is 1. The summed E-state index contributed by atoms with van der Waals surface area (Å²) in [4.78, 5) is 13.4. The molecule has 4 nitrogen and oxygen atoms in total. The Bertz CT molecular complexity index is 990. The van der Waals surface area contributed by atoms with Crippen LogP contribution >= 0.6 is 11.6 Å². The molecule has 25 heavy (non-hydrogen) atoms.